The summed E-state index contributed by atoms with van der Waals surface area (Å²) >= 11 is 0. The number of anilines is 1. The molecule has 110 valence electrons. The SMILES string of the molecule is CN(c1ccccn1)S(=O)(=O)c1ccc(O)c([N+](=O)[O-])c1. The van der Waals surface area contributed by atoms with E-state index in [0.717, 1.165) is 22.5 Å². The Kier molecular flexibility index (Phi) is 3.76. The van der Waals surface area contributed by atoms with Gasteiger partial charge in [0, 0.05) is 19.3 Å². The maximum atomic E-state index is 12.4. The van der Waals surface area contributed by atoms with Gasteiger partial charge in [0.25, 0.3) is 10.0 Å². The summed E-state index contributed by atoms with van der Waals surface area (Å²) in [7, 11) is -2.72. The summed E-state index contributed by atoms with van der Waals surface area (Å²) in [6.45, 7) is 0. The molecule has 1 aromatic heterocycles. The minimum Gasteiger partial charge on any atom is -0.502 e. The van der Waals surface area contributed by atoms with Crippen molar-refractivity contribution < 1.29 is 18.4 Å². The fraction of sp³-hybridized carbons (Fsp3) is 0.0833. The molecule has 0 bridgehead atoms. The average molecular weight is 309 g/mol. The van der Waals surface area contributed by atoms with E-state index in [1.807, 2.05) is 0 Å². The second kappa shape index (κ2) is 5.37. The Bertz CT molecular complexity index is 777. The fourth-order valence-corrected chi connectivity index (χ4v) is 2.80. The number of benzene rings is 1. The monoisotopic (exact) mass is 309 g/mol. The predicted octanol–water partition coefficient (Wildman–Crippen LogP) is 1.52. The lowest BCUT2D eigenvalue weighted by Gasteiger charge is -2.18. The van der Waals surface area contributed by atoms with Crippen LogP contribution < -0.4 is 4.31 Å². The normalized spacial score (nSPS) is 11.1. The first-order valence-electron chi connectivity index (χ1n) is 5.71. The van der Waals surface area contributed by atoms with Gasteiger partial charge in [-0.05, 0) is 24.3 Å². The summed E-state index contributed by atoms with van der Waals surface area (Å²) in [5.41, 5.74) is -0.675. The van der Waals surface area contributed by atoms with Gasteiger partial charge in [-0.1, -0.05) is 6.07 Å². The summed E-state index contributed by atoms with van der Waals surface area (Å²) in [4.78, 5) is 13.5. The first-order valence-corrected chi connectivity index (χ1v) is 7.15. The Morgan fingerprint density at radius 2 is 2.00 bits per heavy atom. The molecule has 0 aliphatic heterocycles. The van der Waals surface area contributed by atoms with E-state index in [1.165, 1.54) is 19.3 Å². The number of sulfonamides is 1. The number of hydrogen-bond acceptors (Lipinski definition) is 6. The molecule has 0 saturated carbocycles. The number of nitro benzene ring substituents is 1. The van der Waals surface area contributed by atoms with Crippen LogP contribution in [-0.2, 0) is 10.0 Å². The third-order valence-corrected chi connectivity index (χ3v) is 4.53. The van der Waals surface area contributed by atoms with Gasteiger partial charge in [0.15, 0.2) is 5.75 Å². The summed E-state index contributed by atoms with van der Waals surface area (Å²) in [6, 6.07) is 7.62. The fourth-order valence-electron chi connectivity index (χ4n) is 1.63. The molecule has 0 aliphatic carbocycles. The third-order valence-electron chi connectivity index (χ3n) is 2.77. The number of nitro groups is 1. The predicted molar refractivity (Wildman–Crippen MR) is 74.6 cm³/mol. The molecule has 0 aliphatic rings. The van der Waals surface area contributed by atoms with E-state index in [0.29, 0.717) is 0 Å². The van der Waals surface area contributed by atoms with Crippen molar-refractivity contribution in [3.8, 4) is 5.75 Å². The third kappa shape index (κ3) is 2.77. The Hall–Kier alpha value is -2.68. The first-order chi connectivity index (χ1) is 9.84. The van der Waals surface area contributed by atoms with E-state index in [-0.39, 0.29) is 10.7 Å². The summed E-state index contributed by atoms with van der Waals surface area (Å²) in [6.07, 6.45) is 1.43. The van der Waals surface area contributed by atoms with E-state index in [4.69, 9.17) is 0 Å². The maximum absolute atomic E-state index is 12.4. The van der Waals surface area contributed by atoms with Gasteiger partial charge < -0.3 is 5.11 Å². The molecule has 0 saturated heterocycles. The number of phenols is 1. The van der Waals surface area contributed by atoms with Crippen molar-refractivity contribution in [1.82, 2.24) is 4.98 Å². The lowest BCUT2D eigenvalue weighted by Crippen LogP contribution is -2.27. The molecule has 0 fully saturated rings. The first kappa shape index (κ1) is 14.7. The second-order valence-electron chi connectivity index (χ2n) is 4.07. The number of pyridine rings is 1. The van der Waals surface area contributed by atoms with Crippen LogP contribution in [0.1, 0.15) is 0 Å². The van der Waals surface area contributed by atoms with E-state index >= 15 is 0 Å². The molecule has 0 amide bonds. The highest BCUT2D eigenvalue weighted by atomic mass is 32.2. The van der Waals surface area contributed by atoms with Gasteiger partial charge in [-0.15, -0.1) is 0 Å². The largest absolute Gasteiger partial charge is 0.502 e. The summed E-state index contributed by atoms with van der Waals surface area (Å²) in [5.74, 6) is -0.423. The number of nitrogens with zero attached hydrogens (tertiary/aromatic N) is 3. The van der Waals surface area contributed by atoms with Gasteiger partial charge >= 0.3 is 5.69 Å². The molecule has 0 radical (unpaired) electrons. The number of rotatable bonds is 4. The smallest absolute Gasteiger partial charge is 0.312 e. The van der Waals surface area contributed by atoms with Crippen LogP contribution in [0.25, 0.3) is 0 Å². The number of hydrogen-bond donors (Lipinski definition) is 1. The van der Waals surface area contributed by atoms with E-state index in [9.17, 15) is 23.6 Å². The van der Waals surface area contributed by atoms with Crippen LogP contribution in [0.15, 0.2) is 47.5 Å². The van der Waals surface area contributed by atoms with Gasteiger partial charge in [-0.2, -0.15) is 0 Å². The van der Waals surface area contributed by atoms with Gasteiger partial charge in [0.1, 0.15) is 5.82 Å². The molecule has 21 heavy (non-hydrogen) atoms. The highest BCUT2D eigenvalue weighted by molar-refractivity contribution is 7.92. The lowest BCUT2D eigenvalue weighted by molar-refractivity contribution is -0.386. The van der Waals surface area contributed by atoms with Crippen molar-refractivity contribution in [2.75, 3.05) is 11.4 Å². The quantitative estimate of drug-likeness (QED) is 0.676. The molecular weight excluding hydrogens is 298 g/mol. The minimum atomic E-state index is -4.01. The van der Waals surface area contributed by atoms with Crippen LogP contribution in [0.2, 0.25) is 0 Å². The van der Waals surface area contributed by atoms with Crippen LogP contribution in [0.5, 0.6) is 5.75 Å². The van der Waals surface area contributed by atoms with Crippen molar-refractivity contribution in [3.05, 3.63) is 52.7 Å². The molecule has 1 aromatic carbocycles. The number of aromatic hydroxyl groups is 1. The molecule has 1 N–H and O–H groups in total. The number of phenolic OH excluding ortho intramolecular Hbond substituents is 1. The molecular formula is C12H11N3O5S. The molecule has 9 heteroatoms. The molecule has 1 heterocycles. The Morgan fingerprint density at radius 3 is 2.57 bits per heavy atom. The Labute approximate surface area is 120 Å². The lowest BCUT2D eigenvalue weighted by atomic mass is 10.3. The standard InChI is InChI=1S/C12H11N3O5S/c1-14(12-4-2-3-7-13-12)21(19,20)9-5-6-11(16)10(8-9)15(17)18/h2-8,16H,1H3. The highest BCUT2D eigenvalue weighted by Crippen LogP contribution is 2.30. The van der Waals surface area contributed by atoms with E-state index in [1.54, 1.807) is 12.1 Å². The van der Waals surface area contributed by atoms with Crippen LogP contribution in [-0.4, -0.2) is 30.5 Å². The van der Waals surface area contributed by atoms with Crippen molar-refractivity contribution in [3.63, 3.8) is 0 Å². The van der Waals surface area contributed by atoms with Crippen LogP contribution >= 0.6 is 0 Å². The minimum absolute atomic E-state index is 0.174. The molecule has 2 aromatic rings. The Morgan fingerprint density at radius 1 is 1.29 bits per heavy atom. The number of aromatic nitrogens is 1. The Balaban J connectivity index is 2.50. The van der Waals surface area contributed by atoms with Crippen molar-refractivity contribution in [1.29, 1.82) is 0 Å². The van der Waals surface area contributed by atoms with Crippen LogP contribution in [0.4, 0.5) is 11.5 Å². The molecule has 0 spiro atoms. The van der Waals surface area contributed by atoms with Crippen molar-refractivity contribution in [2.24, 2.45) is 0 Å². The maximum Gasteiger partial charge on any atom is 0.312 e. The molecule has 0 unspecified atom stereocenters. The molecule has 8 nitrogen and oxygen atoms in total. The average Bonchev–Trinajstić information content (AvgIpc) is 2.47. The van der Waals surface area contributed by atoms with Gasteiger partial charge in [0.05, 0.1) is 9.82 Å². The van der Waals surface area contributed by atoms with Gasteiger partial charge in [-0.3, -0.25) is 14.4 Å². The zero-order chi connectivity index (χ0) is 15.6. The van der Waals surface area contributed by atoms with Crippen LogP contribution in [0.3, 0.4) is 0 Å². The van der Waals surface area contributed by atoms with Crippen molar-refractivity contribution in [2.45, 2.75) is 4.90 Å². The van der Waals surface area contributed by atoms with E-state index < -0.39 is 26.4 Å². The summed E-state index contributed by atoms with van der Waals surface area (Å²) < 4.78 is 25.7. The van der Waals surface area contributed by atoms with E-state index in [2.05, 4.69) is 4.98 Å². The topological polar surface area (TPSA) is 114 Å². The zero-order valence-corrected chi connectivity index (χ0v) is 11.7. The van der Waals surface area contributed by atoms with Crippen molar-refractivity contribution >= 4 is 21.5 Å². The van der Waals surface area contributed by atoms with Crippen LogP contribution in [0, 0.1) is 10.1 Å². The van der Waals surface area contributed by atoms with Gasteiger partial charge in [-0.25, -0.2) is 13.4 Å². The second-order valence-corrected chi connectivity index (χ2v) is 6.04. The molecule has 0 atom stereocenters. The summed E-state index contributed by atoms with van der Waals surface area (Å²) in [5, 5.41) is 20.1. The highest BCUT2D eigenvalue weighted by Gasteiger charge is 2.25. The zero-order valence-electron chi connectivity index (χ0n) is 10.9. The molecule has 2 rings (SSSR count). The van der Waals surface area contributed by atoms with Gasteiger partial charge in [0.2, 0.25) is 0 Å².